The predicted octanol–water partition coefficient (Wildman–Crippen LogP) is 2.71. The van der Waals surface area contributed by atoms with Gasteiger partial charge in [0.25, 0.3) is 0 Å². The maximum atomic E-state index is 12.2. The number of phenols is 1. The molecule has 0 atom stereocenters. The number of methoxy groups -OCH3 is 1. The average molecular weight is 340 g/mol. The van der Waals surface area contributed by atoms with E-state index >= 15 is 0 Å². The Hall–Kier alpha value is -3.02. The summed E-state index contributed by atoms with van der Waals surface area (Å²) in [5.41, 5.74) is 2.14. The van der Waals surface area contributed by atoms with Crippen LogP contribution in [-0.2, 0) is 16.0 Å². The fraction of sp³-hybridized carbons (Fsp3) is 0.263. The summed E-state index contributed by atoms with van der Waals surface area (Å²) < 4.78 is 5.39. The highest BCUT2D eigenvalue weighted by molar-refractivity contribution is 5.98. The highest BCUT2D eigenvalue weighted by Crippen LogP contribution is 2.33. The zero-order chi connectivity index (χ0) is 17.8. The topological polar surface area (TPSA) is 78.9 Å². The van der Waals surface area contributed by atoms with Crippen molar-refractivity contribution < 1.29 is 19.4 Å². The Morgan fingerprint density at radius 3 is 2.64 bits per heavy atom. The van der Waals surface area contributed by atoms with Crippen LogP contribution in [0.1, 0.15) is 18.4 Å². The number of anilines is 2. The van der Waals surface area contributed by atoms with Crippen LogP contribution in [-0.4, -0.2) is 30.6 Å². The number of benzene rings is 2. The number of aromatic hydroxyl groups is 1. The number of amides is 2. The summed E-state index contributed by atoms with van der Waals surface area (Å²) >= 11 is 0. The smallest absolute Gasteiger partial charge is 0.228 e. The molecule has 0 radical (unpaired) electrons. The van der Waals surface area contributed by atoms with Crippen LogP contribution in [0, 0.1) is 0 Å². The van der Waals surface area contributed by atoms with Crippen LogP contribution in [0.5, 0.6) is 11.5 Å². The minimum atomic E-state index is -0.169. The zero-order valence-corrected chi connectivity index (χ0v) is 14.0. The number of nitrogens with zero attached hydrogens (tertiary/aromatic N) is 1. The van der Waals surface area contributed by atoms with Crippen LogP contribution in [0.3, 0.4) is 0 Å². The van der Waals surface area contributed by atoms with Gasteiger partial charge in [0.15, 0.2) is 0 Å². The predicted molar refractivity (Wildman–Crippen MR) is 95.0 cm³/mol. The zero-order valence-electron chi connectivity index (χ0n) is 14.0. The SMILES string of the molecule is COc1cc(NC(=O)Cc2ccc(O)cc2)ccc1N1CCCC1=O. The second-order valence-corrected chi connectivity index (χ2v) is 5.93. The lowest BCUT2D eigenvalue weighted by molar-refractivity contribution is -0.117. The Morgan fingerprint density at radius 1 is 1.24 bits per heavy atom. The minimum absolute atomic E-state index is 0.0856. The quantitative estimate of drug-likeness (QED) is 0.877. The van der Waals surface area contributed by atoms with E-state index in [0.29, 0.717) is 24.4 Å². The number of carbonyl (C=O) groups excluding carboxylic acids is 2. The number of phenolic OH excluding ortho intramolecular Hbond substituents is 1. The van der Waals surface area contributed by atoms with Crippen molar-refractivity contribution in [3.8, 4) is 11.5 Å². The first-order chi connectivity index (χ1) is 12.1. The van der Waals surface area contributed by atoms with E-state index in [-0.39, 0.29) is 24.0 Å². The molecule has 0 unspecified atom stereocenters. The van der Waals surface area contributed by atoms with Gasteiger partial charge in [-0.1, -0.05) is 12.1 Å². The first-order valence-electron chi connectivity index (χ1n) is 8.13. The highest BCUT2D eigenvalue weighted by Gasteiger charge is 2.24. The summed E-state index contributed by atoms with van der Waals surface area (Å²) in [4.78, 5) is 25.8. The van der Waals surface area contributed by atoms with Gasteiger partial charge in [0.1, 0.15) is 11.5 Å². The summed E-state index contributed by atoms with van der Waals surface area (Å²) in [6, 6.07) is 11.8. The molecule has 1 heterocycles. The van der Waals surface area contributed by atoms with E-state index in [9.17, 15) is 14.7 Å². The minimum Gasteiger partial charge on any atom is -0.508 e. The lowest BCUT2D eigenvalue weighted by atomic mass is 10.1. The molecule has 130 valence electrons. The van der Waals surface area contributed by atoms with E-state index in [2.05, 4.69) is 5.32 Å². The van der Waals surface area contributed by atoms with Gasteiger partial charge >= 0.3 is 0 Å². The van der Waals surface area contributed by atoms with Crippen LogP contribution in [0.15, 0.2) is 42.5 Å². The molecule has 6 heteroatoms. The maximum Gasteiger partial charge on any atom is 0.228 e. The maximum absolute atomic E-state index is 12.2. The third kappa shape index (κ3) is 3.91. The standard InChI is InChI=1S/C19H20N2O4/c1-25-17-12-14(6-9-16(17)21-10-2-3-19(21)24)20-18(23)11-13-4-7-15(22)8-5-13/h4-9,12,22H,2-3,10-11H2,1H3,(H,20,23). The molecular formula is C19H20N2O4. The number of hydrogen-bond acceptors (Lipinski definition) is 4. The fourth-order valence-corrected chi connectivity index (χ4v) is 2.89. The van der Waals surface area contributed by atoms with Crippen molar-refractivity contribution in [1.82, 2.24) is 0 Å². The van der Waals surface area contributed by atoms with Crippen LogP contribution in [0.25, 0.3) is 0 Å². The van der Waals surface area contributed by atoms with E-state index < -0.39 is 0 Å². The molecule has 0 aliphatic carbocycles. The van der Waals surface area contributed by atoms with Crippen molar-refractivity contribution in [2.75, 3.05) is 23.9 Å². The van der Waals surface area contributed by atoms with Gasteiger partial charge in [-0.3, -0.25) is 9.59 Å². The second-order valence-electron chi connectivity index (χ2n) is 5.93. The Labute approximate surface area is 146 Å². The van der Waals surface area contributed by atoms with E-state index in [4.69, 9.17) is 4.74 Å². The van der Waals surface area contributed by atoms with E-state index in [0.717, 1.165) is 17.7 Å². The van der Waals surface area contributed by atoms with Gasteiger partial charge in [0.05, 0.1) is 19.2 Å². The number of rotatable bonds is 5. The molecule has 1 fully saturated rings. The van der Waals surface area contributed by atoms with E-state index in [1.807, 2.05) is 0 Å². The number of hydrogen-bond donors (Lipinski definition) is 2. The molecule has 0 bridgehead atoms. The molecule has 0 aromatic heterocycles. The summed E-state index contributed by atoms with van der Waals surface area (Å²) in [5.74, 6) is 0.638. The van der Waals surface area contributed by atoms with Gasteiger partial charge in [-0.25, -0.2) is 0 Å². The molecule has 3 rings (SSSR count). The molecule has 1 saturated heterocycles. The van der Waals surface area contributed by atoms with Crippen LogP contribution in [0.2, 0.25) is 0 Å². The highest BCUT2D eigenvalue weighted by atomic mass is 16.5. The van der Waals surface area contributed by atoms with Crippen molar-refractivity contribution in [3.63, 3.8) is 0 Å². The molecule has 0 saturated carbocycles. The molecule has 25 heavy (non-hydrogen) atoms. The van der Waals surface area contributed by atoms with Crippen LogP contribution >= 0.6 is 0 Å². The number of carbonyl (C=O) groups is 2. The molecule has 2 amide bonds. The van der Waals surface area contributed by atoms with Crippen molar-refractivity contribution >= 4 is 23.2 Å². The molecule has 0 spiro atoms. The number of nitrogens with one attached hydrogen (secondary N) is 1. The normalized spacial score (nSPS) is 13.8. The largest absolute Gasteiger partial charge is 0.508 e. The van der Waals surface area contributed by atoms with Gasteiger partial charge < -0.3 is 20.1 Å². The van der Waals surface area contributed by atoms with E-state index in [1.165, 1.54) is 0 Å². The number of ether oxygens (including phenoxy) is 1. The molecule has 1 aliphatic heterocycles. The fourth-order valence-electron chi connectivity index (χ4n) is 2.89. The molecular weight excluding hydrogens is 320 g/mol. The lowest BCUT2D eigenvalue weighted by Crippen LogP contribution is -2.24. The Morgan fingerprint density at radius 2 is 2.00 bits per heavy atom. The van der Waals surface area contributed by atoms with Crippen molar-refractivity contribution in [2.24, 2.45) is 0 Å². The van der Waals surface area contributed by atoms with Gasteiger partial charge in [-0.05, 0) is 36.2 Å². The molecule has 1 aliphatic rings. The van der Waals surface area contributed by atoms with Gasteiger partial charge in [0.2, 0.25) is 11.8 Å². The average Bonchev–Trinajstić information content (AvgIpc) is 3.02. The lowest BCUT2D eigenvalue weighted by Gasteiger charge is -2.19. The van der Waals surface area contributed by atoms with Crippen molar-refractivity contribution in [2.45, 2.75) is 19.3 Å². The Bertz CT molecular complexity index is 787. The van der Waals surface area contributed by atoms with Gasteiger partial charge in [-0.2, -0.15) is 0 Å². The molecule has 2 N–H and O–H groups in total. The third-order valence-electron chi connectivity index (χ3n) is 4.13. The van der Waals surface area contributed by atoms with Gasteiger partial charge in [0, 0.05) is 24.7 Å². The van der Waals surface area contributed by atoms with Crippen LogP contribution in [0.4, 0.5) is 11.4 Å². The monoisotopic (exact) mass is 340 g/mol. The Balaban J connectivity index is 1.71. The van der Waals surface area contributed by atoms with Crippen molar-refractivity contribution in [1.29, 1.82) is 0 Å². The third-order valence-corrected chi connectivity index (χ3v) is 4.13. The summed E-state index contributed by atoms with van der Waals surface area (Å²) in [6.07, 6.45) is 1.59. The summed E-state index contributed by atoms with van der Waals surface area (Å²) in [5, 5.41) is 12.1. The second kappa shape index (κ2) is 7.25. The van der Waals surface area contributed by atoms with Crippen LogP contribution < -0.4 is 15.0 Å². The summed E-state index contributed by atoms with van der Waals surface area (Å²) in [6.45, 7) is 0.682. The summed E-state index contributed by atoms with van der Waals surface area (Å²) in [7, 11) is 1.54. The molecule has 2 aromatic rings. The molecule has 2 aromatic carbocycles. The molecule has 6 nitrogen and oxygen atoms in total. The van der Waals surface area contributed by atoms with Crippen molar-refractivity contribution in [3.05, 3.63) is 48.0 Å². The Kier molecular flexibility index (Phi) is 4.88. The first kappa shape index (κ1) is 16.8. The van der Waals surface area contributed by atoms with E-state index in [1.54, 1.807) is 54.5 Å². The first-order valence-corrected chi connectivity index (χ1v) is 8.13. The van der Waals surface area contributed by atoms with Gasteiger partial charge in [-0.15, -0.1) is 0 Å².